The monoisotopic (exact) mass is 1160 g/mol. The van der Waals surface area contributed by atoms with Gasteiger partial charge in [-0.25, -0.2) is 0 Å². The van der Waals surface area contributed by atoms with Crippen LogP contribution in [-0.2, 0) is 28.6 Å². The molecule has 1 unspecified atom stereocenters. The van der Waals surface area contributed by atoms with Crippen molar-refractivity contribution in [1.29, 1.82) is 0 Å². The second-order valence-corrected chi connectivity index (χ2v) is 24.5. The third-order valence-corrected chi connectivity index (χ3v) is 16.2. The van der Waals surface area contributed by atoms with Crippen molar-refractivity contribution in [2.45, 2.75) is 386 Å². The lowest BCUT2D eigenvalue weighted by molar-refractivity contribution is -0.166. The van der Waals surface area contributed by atoms with Crippen LogP contribution in [0.4, 0.5) is 0 Å². The molecule has 0 N–H and O–H groups in total. The van der Waals surface area contributed by atoms with E-state index >= 15 is 0 Å². The first-order valence-corrected chi connectivity index (χ1v) is 36.4. The van der Waals surface area contributed by atoms with E-state index in [0.717, 1.165) is 83.5 Å². The smallest absolute Gasteiger partial charge is 0.310 e. The number of unbranched alkanes of at least 4 members (excludes halogenated alkanes) is 45. The quantitative estimate of drug-likeness (QED) is 0.0261. The molecule has 0 bridgehead atoms. The lowest BCUT2D eigenvalue weighted by atomic mass is 10.0. The average Bonchev–Trinajstić information content (AvgIpc) is 3.50. The van der Waals surface area contributed by atoms with Crippen molar-refractivity contribution < 1.29 is 28.6 Å². The molecule has 0 aromatic heterocycles. The minimum atomic E-state index is -0.833. The molecule has 0 saturated carbocycles. The number of allylic oxidation sites excluding steroid dienone is 11. The molecule has 482 valence electrons. The number of carbonyl (C=O) groups is 3. The maximum absolute atomic E-state index is 12.8. The van der Waals surface area contributed by atoms with Crippen molar-refractivity contribution in [3.05, 3.63) is 72.9 Å². The largest absolute Gasteiger partial charge is 0.462 e. The first-order valence-electron chi connectivity index (χ1n) is 36.4. The highest BCUT2D eigenvalue weighted by Gasteiger charge is 2.19. The van der Waals surface area contributed by atoms with Gasteiger partial charge >= 0.3 is 17.9 Å². The summed E-state index contributed by atoms with van der Waals surface area (Å²) in [5.74, 6) is -1.04. The summed E-state index contributed by atoms with van der Waals surface area (Å²) in [6.07, 6.45) is 94.3. The Bertz CT molecular complexity index is 1520. The predicted molar refractivity (Wildman–Crippen MR) is 362 cm³/mol. The molecule has 0 saturated heterocycles. The SMILES string of the molecule is CC/C=C\C/C=C\C/C=C\C/C=C\C/C=C\CC(=O)OC(COC(=O)CCCCCCC/C=C\CCCCCCCC)COC(=O)CCCCCCCCCCCCCCCCCCCCCCCCCCCCCCCCCCCCC. The molecule has 0 heterocycles. The van der Waals surface area contributed by atoms with E-state index in [0.29, 0.717) is 12.8 Å². The van der Waals surface area contributed by atoms with Crippen molar-refractivity contribution in [3.8, 4) is 0 Å². The third-order valence-electron chi connectivity index (χ3n) is 16.2. The Morgan fingerprint density at radius 3 is 0.783 bits per heavy atom. The molecule has 0 amide bonds. The van der Waals surface area contributed by atoms with Crippen LogP contribution in [0.5, 0.6) is 0 Å². The Hall–Kier alpha value is -3.15. The third kappa shape index (κ3) is 69.5. The lowest BCUT2D eigenvalue weighted by Gasteiger charge is -2.18. The highest BCUT2D eigenvalue weighted by atomic mass is 16.6. The number of rotatable bonds is 67. The van der Waals surface area contributed by atoms with Crippen LogP contribution in [0.1, 0.15) is 380 Å². The average molecular weight is 1160 g/mol. The second kappa shape index (κ2) is 71.3. The molecule has 1 atom stereocenters. The van der Waals surface area contributed by atoms with Gasteiger partial charge in [-0.2, -0.15) is 0 Å². The van der Waals surface area contributed by atoms with E-state index in [-0.39, 0.29) is 31.6 Å². The van der Waals surface area contributed by atoms with E-state index in [1.165, 1.54) is 257 Å². The van der Waals surface area contributed by atoms with Gasteiger partial charge in [0.2, 0.25) is 0 Å². The van der Waals surface area contributed by atoms with E-state index < -0.39 is 12.1 Å². The molecule has 0 fully saturated rings. The van der Waals surface area contributed by atoms with Crippen LogP contribution >= 0.6 is 0 Å². The van der Waals surface area contributed by atoms with Crippen LogP contribution in [0.25, 0.3) is 0 Å². The van der Waals surface area contributed by atoms with Crippen LogP contribution in [0.15, 0.2) is 72.9 Å². The zero-order chi connectivity index (χ0) is 59.9. The van der Waals surface area contributed by atoms with Gasteiger partial charge in [0.1, 0.15) is 13.2 Å². The summed E-state index contributed by atoms with van der Waals surface area (Å²) in [5.41, 5.74) is 0. The highest BCUT2D eigenvalue weighted by Crippen LogP contribution is 2.19. The molecular weight excluding hydrogens is 1020 g/mol. The minimum Gasteiger partial charge on any atom is -0.462 e. The summed E-state index contributed by atoms with van der Waals surface area (Å²) in [6, 6.07) is 0. The van der Waals surface area contributed by atoms with Crippen molar-refractivity contribution >= 4 is 17.9 Å². The van der Waals surface area contributed by atoms with Crippen molar-refractivity contribution in [1.82, 2.24) is 0 Å². The van der Waals surface area contributed by atoms with Gasteiger partial charge in [-0.3, -0.25) is 14.4 Å². The fourth-order valence-electron chi connectivity index (χ4n) is 10.8. The zero-order valence-corrected chi connectivity index (χ0v) is 55.5. The number of hydrogen-bond acceptors (Lipinski definition) is 6. The Morgan fingerprint density at radius 1 is 0.265 bits per heavy atom. The summed E-state index contributed by atoms with van der Waals surface area (Å²) in [4.78, 5) is 38.3. The van der Waals surface area contributed by atoms with E-state index in [9.17, 15) is 14.4 Å². The van der Waals surface area contributed by atoms with Crippen LogP contribution in [0.2, 0.25) is 0 Å². The van der Waals surface area contributed by atoms with Crippen LogP contribution < -0.4 is 0 Å². The Kier molecular flexibility index (Phi) is 68.6. The van der Waals surface area contributed by atoms with Gasteiger partial charge in [0.15, 0.2) is 6.10 Å². The van der Waals surface area contributed by atoms with E-state index in [1.54, 1.807) is 6.08 Å². The molecule has 83 heavy (non-hydrogen) atoms. The van der Waals surface area contributed by atoms with Gasteiger partial charge < -0.3 is 14.2 Å². The van der Waals surface area contributed by atoms with Gasteiger partial charge in [0, 0.05) is 12.8 Å². The molecule has 0 spiro atoms. The number of carbonyl (C=O) groups excluding carboxylic acids is 3. The zero-order valence-electron chi connectivity index (χ0n) is 55.5. The Labute approximate surface area is 516 Å². The molecule has 0 radical (unpaired) electrons. The maximum atomic E-state index is 12.8. The molecule has 0 aliphatic carbocycles. The lowest BCUT2D eigenvalue weighted by Crippen LogP contribution is -2.30. The standard InChI is InChI=1S/C77H138O6/c1-4-7-10-13-16-19-22-25-28-29-30-31-32-33-34-35-36-37-38-39-40-41-42-43-44-45-46-47-50-52-55-58-61-64-67-70-76(79)82-73-74(83-77(80)71-68-65-62-59-56-53-49-27-24-21-18-15-12-9-6-3)72-81-75(78)69-66-63-60-57-54-51-48-26-23-20-17-14-11-8-5-2/h9,12,18,21,26-27,48-49,56,59,65,68,74H,4-8,10-11,13-17,19-20,22-25,28-47,50-55,57-58,60-64,66-67,69-73H2,1-3H3/b12-9-,21-18-,48-26-,49-27-,59-56-,68-65-. The molecule has 0 aromatic carbocycles. The van der Waals surface area contributed by atoms with E-state index in [4.69, 9.17) is 14.2 Å². The molecule has 0 aliphatic heterocycles. The summed E-state index contributed by atoms with van der Waals surface area (Å²) in [7, 11) is 0. The van der Waals surface area contributed by atoms with E-state index in [1.807, 2.05) is 6.08 Å². The van der Waals surface area contributed by atoms with Gasteiger partial charge in [-0.05, 0) is 70.6 Å². The first kappa shape index (κ1) is 79.8. The predicted octanol–water partition coefficient (Wildman–Crippen LogP) is 25.2. The number of ether oxygens (including phenoxy) is 3. The maximum Gasteiger partial charge on any atom is 0.310 e. The fourth-order valence-corrected chi connectivity index (χ4v) is 10.8. The van der Waals surface area contributed by atoms with Crippen molar-refractivity contribution in [3.63, 3.8) is 0 Å². The first-order chi connectivity index (χ1) is 41.0. The Balaban J connectivity index is 4.13. The molecule has 6 nitrogen and oxygen atoms in total. The van der Waals surface area contributed by atoms with Crippen molar-refractivity contribution in [2.75, 3.05) is 13.2 Å². The summed E-state index contributed by atoms with van der Waals surface area (Å²) in [5, 5.41) is 0. The molecule has 0 rings (SSSR count). The van der Waals surface area contributed by atoms with Gasteiger partial charge in [-0.1, -0.05) is 363 Å². The van der Waals surface area contributed by atoms with E-state index in [2.05, 4.69) is 81.5 Å². The van der Waals surface area contributed by atoms with Gasteiger partial charge in [-0.15, -0.1) is 0 Å². The number of hydrogen-bond donors (Lipinski definition) is 0. The van der Waals surface area contributed by atoms with Gasteiger partial charge in [0.05, 0.1) is 6.42 Å². The number of esters is 3. The summed E-state index contributed by atoms with van der Waals surface area (Å²) >= 11 is 0. The van der Waals surface area contributed by atoms with Gasteiger partial charge in [0.25, 0.3) is 0 Å². The topological polar surface area (TPSA) is 78.9 Å². The summed E-state index contributed by atoms with van der Waals surface area (Å²) in [6.45, 7) is 6.48. The van der Waals surface area contributed by atoms with Crippen LogP contribution in [-0.4, -0.2) is 37.2 Å². The fraction of sp³-hybridized carbons (Fsp3) is 0.805. The van der Waals surface area contributed by atoms with Crippen molar-refractivity contribution in [2.24, 2.45) is 0 Å². The normalized spacial score (nSPS) is 12.5. The van der Waals surface area contributed by atoms with Crippen LogP contribution in [0, 0.1) is 0 Å². The highest BCUT2D eigenvalue weighted by molar-refractivity contribution is 5.72. The van der Waals surface area contributed by atoms with Crippen LogP contribution in [0.3, 0.4) is 0 Å². The molecular formula is C77H138O6. The molecule has 6 heteroatoms. The second-order valence-electron chi connectivity index (χ2n) is 24.5. The minimum absolute atomic E-state index is 0.0978. The molecule has 0 aromatic rings. The Morgan fingerprint density at radius 2 is 0.506 bits per heavy atom. The summed E-state index contributed by atoms with van der Waals surface area (Å²) < 4.78 is 16.8. The molecule has 0 aliphatic rings.